The predicted octanol–water partition coefficient (Wildman–Crippen LogP) is -2.42. The Kier molecular flexibility index (Phi) is 12.3. The van der Waals surface area contributed by atoms with Crippen LogP contribution in [-0.2, 0) is 4.79 Å². The molecule has 0 aliphatic rings. The molecule has 0 radical (unpaired) electrons. The molecule has 0 atom stereocenters. The minimum Gasteiger partial charge on any atom is -1.00 e. The van der Waals surface area contributed by atoms with Crippen molar-refractivity contribution in [3.8, 4) is 0 Å². The average Bonchev–Trinajstić information content (AvgIpc) is 1.80. The van der Waals surface area contributed by atoms with E-state index in [0.717, 1.165) is 19.5 Å². The van der Waals surface area contributed by atoms with Crippen LogP contribution in [0.1, 0.15) is 21.2 Å². The van der Waals surface area contributed by atoms with E-state index in [4.69, 9.17) is 5.11 Å². The van der Waals surface area contributed by atoms with Gasteiger partial charge in [0.2, 0.25) is 0 Å². The second-order valence-corrected chi connectivity index (χ2v) is 1.85. The Morgan fingerprint density at radius 2 is 2.30 bits per heavy atom. The van der Waals surface area contributed by atoms with Gasteiger partial charge >= 0.3 is 35.5 Å². The fraction of sp³-hybridized carbons (Fsp3) is 0.833. The smallest absolute Gasteiger partial charge is 1.00 e. The van der Waals surface area contributed by atoms with E-state index in [9.17, 15) is 4.79 Å². The summed E-state index contributed by atoms with van der Waals surface area (Å²) in [7, 11) is 0. The quantitative estimate of drug-likeness (QED) is 0.343. The minimum atomic E-state index is -0.715. The number of aliphatic carboxylic acids is 1. The van der Waals surface area contributed by atoms with Gasteiger partial charge in [-0.25, -0.2) is 0 Å². The van der Waals surface area contributed by atoms with Gasteiger partial charge in [-0.1, -0.05) is 6.92 Å². The van der Waals surface area contributed by atoms with Crippen molar-refractivity contribution < 1.29 is 40.9 Å². The van der Waals surface area contributed by atoms with Crippen LogP contribution in [0, 0.1) is 0 Å². The van der Waals surface area contributed by atoms with Gasteiger partial charge in [0.15, 0.2) is 0 Å². The van der Waals surface area contributed by atoms with Crippen molar-refractivity contribution in [2.45, 2.75) is 19.8 Å². The van der Waals surface area contributed by atoms with E-state index in [1.54, 1.807) is 0 Å². The molecule has 0 bridgehead atoms. The van der Waals surface area contributed by atoms with Gasteiger partial charge < -0.3 is 11.8 Å². The van der Waals surface area contributed by atoms with Crippen molar-refractivity contribution >= 4 is 5.97 Å². The summed E-state index contributed by atoms with van der Waals surface area (Å²) < 4.78 is 0. The van der Waals surface area contributed by atoms with Crippen LogP contribution in [0.3, 0.4) is 0 Å². The van der Waals surface area contributed by atoms with Crippen molar-refractivity contribution in [2.75, 3.05) is 13.1 Å². The van der Waals surface area contributed by atoms with E-state index in [-0.39, 0.29) is 37.4 Å². The molecular formula is C6H14NNaO2. The first-order valence-electron chi connectivity index (χ1n) is 3.20. The van der Waals surface area contributed by atoms with Crippen LogP contribution in [0.25, 0.3) is 0 Å². The zero-order valence-corrected chi connectivity index (χ0v) is 8.68. The van der Waals surface area contributed by atoms with Crippen molar-refractivity contribution in [1.82, 2.24) is 5.32 Å². The molecule has 0 fully saturated rings. The Bertz CT molecular complexity index is 92.7. The number of hydrogen-bond acceptors (Lipinski definition) is 2. The molecular weight excluding hydrogens is 141 g/mol. The Morgan fingerprint density at radius 3 is 2.70 bits per heavy atom. The largest absolute Gasteiger partial charge is 1.00 e. The second-order valence-electron chi connectivity index (χ2n) is 1.85. The van der Waals surface area contributed by atoms with E-state index in [2.05, 4.69) is 5.32 Å². The van der Waals surface area contributed by atoms with E-state index < -0.39 is 5.97 Å². The van der Waals surface area contributed by atoms with Gasteiger partial charge in [0.05, 0.1) is 0 Å². The second kappa shape index (κ2) is 9.43. The third kappa shape index (κ3) is 11.3. The number of carbonyl (C=O) groups is 1. The number of rotatable bonds is 5. The molecule has 0 aromatic carbocycles. The summed E-state index contributed by atoms with van der Waals surface area (Å²) in [5, 5.41) is 11.2. The number of carboxylic acid groups (broad SMARTS) is 1. The van der Waals surface area contributed by atoms with Gasteiger partial charge in [-0.05, 0) is 19.5 Å². The van der Waals surface area contributed by atoms with Crippen LogP contribution in [0.15, 0.2) is 0 Å². The summed E-state index contributed by atoms with van der Waals surface area (Å²) in [6, 6.07) is 0. The molecule has 0 aromatic rings. The molecule has 0 heterocycles. The van der Waals surface area contributed by atoms with Crippen LogP contribution in [-0.4, -0.2) is 24.2 Å². The predicted molar refractivity (Wildman–Crippen MR) is 36.5 cm³/mol. The molecule has 0 unspecified atom stereocenters. The van der Waals surface area contributed by atoms with Crippen LogP contribution >= 0.6 is 0 Å². The van der Waals surface area contributed by atoms with Gasteiger partial charge in [0, 0.05) is 6.42 Å². The molecule has 0 aliphatic heterocycles. The van der Waals surface area contributed by atoms with Gasteiger partial charge in [-0.3, -0.25) is 4.79 Å². The maximum absolute atomic E-state index is 9.93. The molecule has 0 amide bonds. The average molecular weight is 155 g/mol. The maximum atomic E-state index is 9.93. The molecule has 0 aromatic heterocycles. The summed E-state index contributed by atoms with van der Waals surface area (Å²) in [5.41, 5.74) is 0. The topological polar surface area (TPSA) is 49.3 Å². The SMILES string of the molecule is CCNCCCC(=O)O.[H-].[Na+]. The third-order valence-electron chi connectivity index (χ3n) is 0.994. The molecule has 0 saturated carbocycles. The van der Waals surface area contributed by atoms with E-state index in [0.29, 0.717) is 0 Å². The van der Waals surface area contributed by atoms with Gasteiger partial charge in [0.25, 0.3) is 0 Å². The molecule has 3 nitrogen and oxygen atoms in total. The molecule has 0 spiro atoms. The molecule has 0 saturated heterocycles. The first kappa shape index (κ1) is 13.1. The van der Waals surface area contributed by atoms with Gasteiger partial charge in [-0.2, -0.15) is 0 Å². The summed E-state index contributed by atoms with van der Waals surface area (Å²) in [6.07, 6.45) is 0.996. The van der Waals surface area contributed by atoms with E-state index in [1.165, 1.54) is 0 Å². The van der Waals surface area contributed by atoms with Crippen molar-refractivity contribution in [1.29, 1.82) is 0 Å². The summed E-state index contributed by atoms with van der Waals surface area (Å²) in [6.45, 7) is 3.73. The molecule has 10 heavy (non-hydrogen) atoms. The summed E-state index contributed by atoms with van der Waals surface area (Å²) >= 11 is 0. The molecule has 2 N–H and O–H groups in total. The van der Waals surface area contributed by atoms with Crippen molar-refractivity contribution in [3.63, 3.8) is 0 Å². The van der Waals surface area contributed by atoms with E-state index >= 15 is 0 Å². The third-order valence-corrected chi connectivity index (χ3v) is 0.994. The summed E-state index contributed by atoms with van der Waals surface area (Å²) in [4.78, 5) is 9.93. The van der Waals surface area contributed by atoms with Gasteiger partial charge in [0.1, 0.15) is 0 Å². The van der Waals surface area contributed by atoms with Crippen LogP contribution < -0.4 is 34.9 Å². The van der Waals surface area contributed by atoms with Crippen LogP contribution in [0.2, 0.25) is 0 Å². The van der Waals surface area contributed by atoms with Crippen LogP contribution in [0.5, 0.6) is 0 Å². The Labute approximate surface area is 85.0 Å². The molecule has 0 rings (SSSR count). The standard InChI is InChI=1S/C6H13NO2.Na.H/c1-2-7-5-3-4-6(8)9;;/h7H,2-5H2,1H3,(H,8,9);;/q;+1;-1. The Balaban J connectivity index is -0.000000320. The monoisotopic (exact) mass is 155 g/mol. The Hall–Kier alpha value is 0.430. The maximum Gasteiger partial charge on any atom is 1.00 e. The zero-order valence-electron chi connectivity index (χ0n) is 7.68. The van der Waals surface area contributed by atoms with Crippen molar-refractivity contribution in [2.24, 2.45) is 0 Å². The van der Waals surface area contributed by atoms with E-state index in [1.807, 2.05) is 6.92 Å². The van der Waals surface area contributed by atoms with Crippen molar-refractivity contribution in [3.05, 3.63) is 0 Å². The number of hydrogen-bond donors (Lipinski definition) is 2. The molecule has 4 heteroatoms. The number of nitrogens with one attached hydrogen (secondary N) is 1. The molecule has 56 valence electrons. The fourth-order valence-corrected chi connectivity index (χ4v) is 0.541. The number of carboxylic acids is 1. The molecule has 0 aliphatic carbocycles. The minimum absolute atomic E-state index is 0. The normalized spacial score (nSPS) is 8.50. The van der Waals surface area contributed by atoms with Crippen LogP contribution in [0.4, 0.5) is 0 Å². The van der Waals surface area contributed by atoms with Gasteiger partial charge in [-0.15, -0.1) is 0 Å². The first-order chi connectivity index (χ1) is 4.27. The fourth-order valence-electron chi connectivity index (χ4n) is 0.541. The Morgan fingerprint density at radius 1 is 1.70 bits per heavy atom. The summed E-state index contributed by atoms with van der Waals surface area (Å²) in [5.74, 6) is -0.715. The zero-order chi connectivity index (χ0) is 7.11. The first-order valence-corrected chi connectivity index (χ1v) is 3.20.